The summed E-state index contributed by atoms with van der Waals surface area (Å²) in [4.78, 5) is 14.3. The first-order chi connectivity index (χ1) is 8.70. The molecular formula is C14H25ClN2O. The van der Waals surface area contributed by atoms with Crippen LogP contribution in [0.1, 0.15) is 51.4 Å². The molecule has 2 unspecified atom stereocenters. The summed E-state index contributed by atoms with van der Waals surface area (Å²) in [6.07, 6.45) is 8.70. The Hall–Kier alpha value is -0.280. The van der Waals surface area contributed by atoms with E-state index < -0.39 is 0 Å². The number of unbranched alkanes of at least 4 members (excludes halogenated alkanes) is 1. The van der Waals surface area contributed by atoms with Gasteiger partial charge in [0.1, 0.15) is 0 Å². The van der Waals surface area contributed by atoms with E-state index in [4.69, 9.17) is 11.6 Å². The summed E-state index contributed by atoms with van der Waals surface area (Å²) in [7, 11) is 2.24. The molecule has 2 atom stereocenters. The molecule has 18 heavy (non-hydrogen) atoms. The Morgan fingerprint density at radius 1 is 1.28 bits per heavy atom. The van der Waals surface area contributed by atoms with Crippen molar-refractivity contribution in [3.8, 4) is 0 Å². The number of piperidine rings is 2. The molecule has 0 aromatic heterocycles. The largest absolute Gasteiger partial charge is 0.353 e. The van der Waals surface area contributed by atoms with Crippen molar-refractivity contribution in [1.82, 2.24) is 10.2 Å². The quantitative estimate of drug-likeness (QED) is 0.616. The van der Waals surface area contributed by atoms with E-state index in [1.807, 2.05) is 0 Å². The third-order valence-electron chi connectivity index (χ3n) is 4.49. The minimum absolute atomic E-state index is 0.216. The van der Waals surface area contributed by atoms with Crippen molar-refractivity contribution < 1.29 is 4.79 Å². The molecule has 3 nitrogen and oxygen atoms in total. The fourth-order valence-corrected chi connectivity index (χ4v) is 3.60. The molecule has 2 heterocycles. The number of carbonyl (C=O) groups is 1. The molecule has 0 aromatic rings. The smallest absolute Gasteiger partial charge is 0.220 e. The van der Waals surface area contributed by atoms with Crippen LogP contribution < -0.4 is 5.32 Å². The molecule has 104 valence electrons. The summed E-state index contributed by atoms with van der Waals surface area (Å²) in [5.74, 6) is 0.874. The first kappa shape index (κ1) is 14.1. The van der Waals surface area contributed by atoms with Gasteiger partial charge in [0.2, 0.25) is 5.91 Å². The molecule has 2 rings (SSSR count). The Labute approximate surface area is 115 Å². The number of hydrogen-bond donors (Lipinski definition) is 1. The highest BCUT2D eigenvalue weighted by Gasteiger charge is 2.36. The van der Waals surface area contributed by atoms with Gasteiger partial charge in [0.25, 0.3) is 0 Å². The molecule has 2 fully saturated rings. The molecule has 1 amide bonds. The lowest BCUT2D eigenvalue weighted by molar-refractivity contribution is -0.122. The summed E-state index contributed by atoms with van der Waals surface area (Å²) in [6, 6.07) is 1.77. The molecular weight excluding hydrogens is 248 g/mol. The highest BCUT2D eigenvalue weighted by Crippen LogP contribution is 2.32. The van der Waals surface area contributed by atoms with Crippen LogP contribution in [-0.2, 0) is 4.79 Å². The first-order valence-electron chi connectivity index (χ1n) is 7.28. The number of amides is 1. The lowest BCUT2D eigenvalue weighted by atomic mass is 9.82. The second-order valence-corrected chi connectivity index (χ2v) is 6.16. The maximum Gasteiger partial charge on any atom is 0.220 e. The van der Waals surface area contributed by atoms with Gasteiger partial charge < -0.3 is 10.2 Å². The van der Waals surface area contributed by atoms with Gasteiger partial charge in [0, 0.05) is 30.4 Å². The number of carbonyl (C=O) groups excluding carboxylic acids is 1. The van der Waals surface area contributed by atoms with Crippen LogP contribution in [0.3, 0.4) is 0 Å². The SMILES string of the molecule is CN1C2CCCC1CC(NC(=O)CCCCCl)C2. The van der Waals surface area contributed by atoms with Crippen LogP contribution in [0.2, 0.25) is 0 Å². The Kier molecular flexibility index (Phi) is 5.31. The topological polar surface area (TPSA) is 32.3 Å². The van der Waals surface area contributed by atoms with Gasteiger partial charge >= 0.3 is 0 Å². The minimum atomic E-state index is 0.216. The van der Waals surface area contributed by atoms with Gasteiger partial charge in [-0.3, -0.25) is 4.79 Å². The van der Waals surface area contributed by atoms with Gasteiger partial charge in [0.05, 0.1) is 0 Å². The summed E-state index contributed by atoms with van der Waals surface area (Å²) in [5.41, 5.74) is 0. The highest BCUT2D eigenvalue weighted by atomic mass is 35.5. The molecule has 2 aliphatic rings. The summed E-state index contributed by atoms with van der Waals surface area (Å²) in [5, 5.41) is 3.22. The number of nitrogens with zero attached hydrogens (tertiary/aromatic N) is 1. The average molecular weight is 273 g/mol. The Morgan fingerprint density at radius 2 is 1.94 bits per heavy atom. The van der Waals surface area contributed by atoms with Crippen molar-refractivity contribution in [2.45, 2.75) is 69.5 Å². The van der Waals surface area contributed by atoms with E-state index in [0.717, 1.165) is 25.7 Å². The van der Waals surface area contributed by atoms with Gasteiger partial charge in [-0.25, -0.2) is 0 Å². The number of alkyl halides is 1. The number of hydrogen-bond acceptors (Lipinski definition) is 2. The van der Waals surface area contributed by atoms with Gasteiger partial charge in [-0.1, -0.05) is 6.42 Å². The van der Waals surface area contributed by atoms with E-state index in [1.165, 1.54) is 19.3 Å². The maximum absolute atomic E-state index is 11.8. The van der Waals surface area contributed by atoms with Crippen LogP contribution in [0.25, 0.3) is 0 Å². The van der Waals surface area contributed by atoms with Crippen molar-refractivity contribution in [1.29, 1.82) is 0 Å². The van der Waals surface area contributed by atoms with E-state index in [-0.39, 0.29) is 5.91 Å². The van der Waals surface area contributed by atoms with Crippen LogP contribution in [0.5, 0.6) is 0 Å². The second kappa shape index (κ2) is 6.76. The van der Waals surface area contributed by atoms with E-state index in [0.29, 0.717) is 30.4 Å². The molecule has 1 N–H and O–H groups in total. The van der Waals surface area contributed by atoms with E-state index in [1.54, 1.807) is 0 Å². The fraction of sp³-hybridized carbons (Fsp3) is 0.929. The minimum Gasteiger partial charge on any atom is -0.353 e. The number of halogens is 1. The Balaban J connectivity index is 1.75. The maximum atomic E-state index is 11.8. The van der Waals surface area contributed by atoms with Crippen molar-refractivity contribution in [2.75, 3.05) is 12.9 Å². The summed E-state index contributed by atoms with van der Waals surface area (Å²) >= 11 is 5.62. The van der Waals surface area contributed by atoms with E-state index in [9.17, 15) is 4.79 Å². The lowest BCUT2D eigenvalue weighted by Crippen LogP contribution is -2.55. The van der Waals surface area contributed by atoms with Crippen molar-refractivity contribution in [3.05, 3.63) is 0 Å². The van der Waals surface area contributed by atoms with E-state index in [2.05, 4.69) is 17.3 Å². The summed E-state index contributed by atoms with van der Waals surface area (Å²) in [6.45, 7) is 0. The van der Waals surface area contributed by atoms with Gasteiger partial charge in [0.15, 0.2) is 0 Å². The highest BCUT2D eigenvalue weighted by molar-refractivity contribution is 6.17. The molecule has 2 aliphatic heterocycles. The molecule has 0 radical (unpaired) electrons. The zero-order valence-electron chi connectivity index (χ0n) is 11.3. The van der Waals surface area contributed by atoms with Gasteiger partial charge in [-0.2, -0.15) is 0 Å². The molecule has 2 bridgehead atoms. The van der Waals surface area contributed by atoms with Gasteiger partial charge in [-0.05, 0) is 45.6 Å². The van der Waals surface area contributed by atoms with Crippen LogP contribution >= 0.6 is 11.6 Å². The molecule has 2 saturated heterocycles. The zero-order chi connectivity index (χ0) is 13.0. The lowest BCUT2D eigenvalue weighted by Gasteiger charge is -2.47. The van der Waals surface area contributed by atoms with Gasteiger partial charge in [-0.15, -0.1) is 11.6 Å². The second-order valence-electron chi connectivity index (χ2n) is 5.79. The summed E-state index contributed by atoms with van der Waals surface area (Å²) < 4.78 is 0. The van der Waals surface area contributed by atoms with Crippen molar-refractivity contribution >= 4 is 17.5 Å². The molecule has 0 saturated carbocycles. The Bertz CT molecular complexity index is 271. The zero-order valence-corrected chi connectivity index (χ0v) is 12.1. The number of nitrogens with one attached hydrogen (secondary N) is 1. The number of fused-ring (bicyclic) bond motifs is 2. The van der Waals surface area contributed by atoms with Crippen molar-refractivity contribution in [2.24, 2.45) is 0 Å². The third kappa shape index (κ3) is 3.61. The molecule has 0 aromatic carbocycles. The number of rotatable bonds is 5. The predicted octanol–water partition coefficient (Wildman–Crippen LogP) is 2.53. The third-order valence-corrected chi connectivity index (χ3v) is 4.76. The van der Waals surface area contributed by atoms with Crippen LogP contribution in [0.4, 0.5) is 0 Å². The average Bonchev–Trinajstić information content (AvgIpc) is 2.31. The fourth-order valence-electron chi connectivity index (χ4n) is 3.41. The Morgan fingerprint density at radius 3 is 2.56 bits per heavy atom. The normalized spacial score (nSPS) is 32.2. The van der Waals surface area contributed by atoms with Crippen LogP contribution in [-0.4, -0.2) is 41.9 Å². The predicted molar refractivity (Wildman–Crippen MR) is 74.9 cm³/mol. The van der Waals surface area contributed by atoms with E-state index >= 15 is 0 Å². The molecule has 0 aliphatic carbocycles. The molecule has 0 spiro atoms. The van der Waals surface area contributed by atoms with Crippen LogP contribution in [0.15, 0.2) is 0 Å². The van der Waals surface area contributed by atoms with Crippen LogP contribution in [0, 0.1) is 0 Å². The molecule has 4 heteroatoms. The van der Waals surface area contributed by atoms with Crippen molar-refractivity contribution in [3.63, 3.8) is 0 Å². The standard InChI is InChI=1S/C14H25ClN2O/c1-17-12-5-4-6-13(17)10-11(9-12)16-14(18)7-2-3-8-15/h11-13H,2-10H2,1H3,(H,16,18). The monoisotopic (exact) mass is 272 g/mol. The first-order valence-corrected chi connectivity index (χ1v) is 7.81.